The first-order valence-corrected chi connectivity index (χ1v) is 10.5. The van der Waals surface area contributed by atoms with E-state index in [-0.39, 0.29) is 0 Å². The van der Waals surface area contributed by atoms with E-state index < -0.39 is 0 Å². The van der Waals surface area contributed by atoms with Gasteiger partial charge in [-0.3, -0.25) is 0 Å². The van der Waals surface area contributed by atoms with Crippen LogP contribution in [0.25, 0.3) is 5.69 Å². The number of nitrogen functional groups attached to an aromatic ring is 1. The van der Waals surface area contributed by atoms with Crippen LogP contribution in [0.5, 0.6) is 5.75 Å². The molecule has 0 radical (unpaired) electrons. The molecule has 1 aliphatic rings. The number of hydrogen-bond acceptors (Lipinski definition) is 4. The highest BCUT2D eigenvalue weighted by molar-refractivity contribution is 5.62. The summed E-state index contributed by atoms with van der Waals surface area (Å²) in [7, 11) is 0. The fourth-order valence-corrected chi connectivity index (χ4v) is 3.64. The van der Waals surface area contributed by atoms with Gasteiger partial charge in [0.1, 0.15) is 24.1 Å². The van der Waals surface area contributed by atoms with Crippen molar-refractivity contribution in [3.63, 3.8) is 0 Å². The van der Waals surface area contributed by atoms with E-state index in [4.69, 9.17) is 15.2 Å². The van der Waals surface area contributed by atoms with Gasteiger partial charge in [-0.1, -0.05) is 44.2 Å². The monoisotopic (exact) mass is 403 g/mol. The summed E-state index contributed by atoms with van der Waals surface area (Å²) in [6.45, 7) is 6.00. The van der Waals surface area contributed by atoms with Crippen molar-refractivity contribution in [3.8, 4) is 17.5 Å². The summed E-state index contributed by atoms with van der Waals surface area (Å²) >= 11 is 0. The smallest absolute Gasteiger partial charge is 0.148 e. The van der Waals surface area contributed by atoms with Gasteiger partial charge in [0.25, 0.3) is 0 Å². The molecule has 1 aliphatic heterocycles. The normalized spacial score (nSPS) is 13.8. The molecule has 0 saturated carbocycles. The van der Waals surface area contributed by atoms with E-state index in [0.29, 0.717) is 23.9 Å². The van der Waals surface area contributed by atoms with Gasteiger partial charge in [-0.25, -0.2) is 0 Å². The molecular weight excluding hydrogens is 374 g/mol. The first-order chi connectivity index (χ1) is 14.8. The minimum Gasteiger partial charge on any atom is -0.489 e. The van der Waals surface area contributed by atoms with Crippen LogP contribution in [-0.4, -0.2) is 17.8 Å². The highest BCUT2D eigenvalue weighted by atomic mass is 16.5. The highest BCUT2D eigenvalue weighted by Crippen LogP contribution is 2.35. The van der Waals surface area contributed by atoms with Crippen molar-refractivity contribution in [2.45, 2.75) is 39.2 Å². The molecule has 0 amide bonds. The number of benzene rings is 2. The molecule has 1 aromatic heterocycles. The lowest BCUT2D eigenvalue weighted by molar-refractivity contribution is 0.0855. The van der Waals surface area contributed by atoms with E-state index in [1.165, 1.54) is 0 Å². The Morgan fingerprint density at radius 1 is 1.07 bits per heavy atom. The van der Waals surface area contributed by atoms with Crippen LogP contribution >= 0.6 is 0 Å². The maximum Gasteiger partial charge on any atom is 0.148 e. The third-order valence-electron chi connectivity index (χ3n) is 5.21. The zero-order valence-electron chi connectivity index (χ0n) is 17.7. The van der Waals surface area contributed by atoms with Crippen molar-refractivity contribution >= 4 is 5.69 Å². The summed E-state index contributed by atoms with van der Waals surface area (Å²) in [4.78, 5) is 0. The first kappa shape index (κ1) is 21.5. The molecule has 3 aromatic rings. The average Bonchev–Trinajstić information content (AvgIpc) is 3.16. The first-order valence-electron chi connectivity index (χ1n) is 10.5. The average molecular weight is 404 g/mol. The number of anilines is 1. The van der Waals surface area contributed by atoms with Crippen molar-refractivity contribution in [3.05, 3.63) is 77.6 Å². The molecule has 2 N–H and O–H groups in total. The largest absolute Gasteiger partial charge is 0.489 e. The zero-order valence-corrected chi connectivity index (χ0v) is 17.7. The fraction of sp³-hybridized carbons (Fsp3) is 0.320. The molecule has 0 atom stereocenters. The van der Waals surface area contributed by atoms with Crippen LogP contribution in [0.2, 0.25) is 0 Å². The van der Waals surface area contributed by atoms with Crippen LogP contribution in [0.15, 0.2) is 60.8 Å². The Morgan fingerprint density at radius 3 is 2.37 bits per heavy atom. The van der Waals surface area contributed by atoms with Crippen molar-refractivity contribution in [2.75, 3.05) is 18.9 Å². The number of nitriles is 1. The van der Waals surface area contributed by atoms with Gasteiger partial charge >= 0.3 is 0 Å². The van der Waals surface area contributed by atoms with Gasteiger partial charge in [-0.05, 0) is 54.2 Å². The molecule has 0 bridgehead atoms. The quantitative estimate of drug-likeness (QED) is 0.616. The predicted molar refractivity (Wildman–Crippen MR) is 120 cm³/mol. The van der Waals surface area contributed by atoms with E-state index in [0.717, 1.165) is 48.6 Å². The SMILES string of the molecule is CC.N#Cc1c(N)c(C2CCOCC2)cn1-c1ccc(OCc2ccccc2)cc1. The predicted octanol–water partition coefficient (Wildman–Crippen LogP) is 5.43. The Kier molecular flexibility index (Phi) is 7.53. The summed E-state index contributed by atoms with van der Waals surface area (Å²) in [5.74, 6) is 1.13. The van der Waals surface area contributed by atoms with Gasteiger partial charge in [0.15, 0.2) is 0 Å². The number of nitrogens with zero attached hydrogens (tertiary/aromatic N) is 2. The Hall–Kier alpha value is -3.23. The summed E-state index contributed by atoms with van der Waals surface area (Å²) in [5.41, 5.74) is 10.4. The number of aromatic nitrogens is 1. The maximum atomic E-state index is 9.64. The van der Waals surface area contributed by atoms with Gasteiger partial charge in [0.2, 0.25) is 0 Å². The third kappa shape index (κ3) is 4.84. The van der Waals surface area contributed by atoms with Gasteiger partial charge in [0.05, 0.1) is 5.69 Å². The number of hydrogen-bond donors (Lipinski definition) is 1. The van der Waals surface area contributed by atoms with E-state index in [1.807, 2.05) is 79.2 Å². The molecule has 2 aromatic carbocycles. The molecule has 1 saturated heterocycles. The Balaban J connectivity index is 0.00000124. The molecule has 156 valence electrons. The van der Waals surface area contributed by atoms with E-state index in [1.54, 1.807) is 0 Å². The molecule has 2 heterocycles. The van der Waals surface area contributed by atoms with E-state index >= 15 is 0 Å². The van der Waals surface area contributed by atoms with Crippen molar-refractivity contribution in [1.82, 2.24) is 4.57 Å². The summed E-state index contributed by atoms with van der Waals surface area (Å²) in [6.07, 6.45) is 3.88. The Bertz CT molecular complexity index is 966. The summed E-state index contributed by atoms with van der Waals surface area (Å²) in [6, 6.07) is 20.1. The molecule has 4 rings (SSSR count). The second-order valence-electron chi connectivity index (χ2n) is 6.98. The molecule has 5 nitrogen and oxygen atoms in total. The second kappa shape index (κ2) is 10.5. The van der Waals surface area contributed by atoms with Gasteiger partial charge in [-0.15, -0.1) is 0 Å². The molecule has 1 fully saturated rings. The van der Waals surface area contributed by atoms with E-state index in [9.17, 15) is 5.26 Å². The number of ether oxygens (including phenoxy) is 2. The molecule has 0 aliphatic carbocycles. The van der Waals surface area contributed by atoms with Crippen LogP contribution in [0.1, 0.15) is 49.4 Å². The van der Waals surface area contributed by atoms with Crippen LogP contribution in [0.3, 0.4) is 0 Å². The Morgan fingerprint density at radius 2 is 1.73 bits per heavy atom. The van der Waals surface area contributed by atoms with Gasteiger partial charge in [-0.2, -0.15) is 5.26 Å². The van der Waals surface area contributed by atoms with Crippen LogP contribution in [0, 0.1) is 11.3 Å². The molecule has 5 heteroatoms. The van der Waals surface area contributed by atoms with Gasteiger partial charge in [0, 0.05) is 25.1 Å². The molecular formula is C25H29N3O2. The van der Waals surface area contributed by atoms with Crippen LogP contribution in [0.4, 0.5) is 5.69 Å². The Labute approximate surface area is 178 Å². The maximum absolute atomic E-state index is 9.64. The second-order valence-corrected chi connectivity index (χ2v) is 6.98. The molecule has 0 spiro atoms. The summed E-state index contributed by atoms with van der Waals surface area (Å²) in [5, 5.41) is 9.64. The zero-order chi connectivity index (χ0) is 21.3. The molecule has 0 unspecified atom stereocenters. The number of rotatable bonds is 5. The minimum absolute atomic E-state index is 0.343. The van der Waals surface area contributed by atoms with Gasteiger partial charge < -0.3 is 19.8 Å². The van der Waals surface area contributed by atoms with Crippen molar-refractivity contribution in [1.29, 1.82) is 5.26 Å². The van der Waals surface area contributed by atoms with Crippen LogP contribution in [-0.2, 0) is 11.3 Å². The number of nitrogens with two attached hydrogens (primary N) is 1. The lowest BCUT2D eigenvalue weighted by Crippen LogP contribution is -2.14. The fourth-order valence-electron chi connectivity index (χ4n) is 3.64. The lowest BCUT2D eigenvalue weighted by Gasteiger charge is -2.21. The molecule has 30 heavy (non-hydrogen) atoms. The topological polar surface area (TPSA) is 73.2 Å². The lowest BCUT2D eigenvalue weighted by atomic mass is 9.92. The van der Waals surface area contributed by atoms with Crippen molar-refractivity contribution < 1.29 is 9.47 Å². The van der Waals surface area contributed by atoms with Crippen molar-refractivity contribution in [2.24, 2.45) is 0 Å². The summed E-state index contributed by atoms with van der Waals surface area (Å²) < 4.78 is 13.2. The van der Waals surface area contributed by atoms with Crippen LogP contribution < -0.4 is 10.5 Å². The standard InChI is InChI=1S/C23H23N3O2.C2H6/c24-14-22-23(25)21(18-10-12-27-13-11-18)15-26(22)19-6-8-20(9-7-19)28-16-17-4-2-1-3-5-17;1-2/h1-9,15,18H,10-13,16,25H2;1-2H3. The van der Waals surface area contributed by atoms with E-state index in [2.05, 4.69) is 6.07 Å². The minimum atomic E-state index is 0.343. The highest BCUT2D eigenvalue weighted by Gasteiger charge is 2.23. The third-order valence-corrected chi connectivity index (χ3v) is 5.21.